The molecule has 0 saturated heterocycles. The third-order valence-electron chi connectivity index (χ3n) is 3.39. The number of carbonyl (C=O) groups excluding carboxylic acids is 2. The molecule has 0 unspecified atom stereocenters. The molecule has 24 heavy (non-hydrogen) atoms. The molecule has 1 aromatic heterocycles. The summed E-state index contributed by atoms with van der Waals surface area (Å²) in [4.78, 5) is 29.1. The topological polar surface area (TPSA) is 62.3 Å². The molecule has 0 radical (unpaired) electrons. The minimum Gasteiger partial charge on any atom is -0.350 e. The van der Waals surface area contributed by atoms with Gasteiger partial charge in [0.2, 0.25) is 5.91 Å². The lowest BCUT2D eigenvalue weighted by Crippen LogP contribution is -2.37. The van der Waals surface area contributed by atoms with Gasteiger partial charge in [-0.25, -0.2) is 8.78 Å². The Morgan fingerprint density at radius 3 is 2.62 bits per heavy atom. The van der Waals surface area contributed by atoms with E-state index in [0.717, 1.165) is 17.7 Å². The number of hydrogen-bond acceptors (Lipinski definition) is 3. The number of aromatic nitrogens is 1. The predicted molar refractivity (Wildman–Crippen MR) is 84.0 cm³/mol. The van der Waals surface area contributed by atoms with E-state index in [9.17, 15) is 18.4 Å². The van der Waals surface area contributed by atoms with Gasteiger partial charge in [0.05, 0.1) is 0 Å². The Labute approximate surface area is 138 Å². The van der Waals surface area contributed by atoms with Crippen LogP contribution in [0.2, 0.25) is 0 Å². The number of nitrogens with zero attached hydrogens (tertiary/aromatic N) is 2. The Hall–Kier alpha value is -2.83. The summed E-state index contributed by atoms with van der Waals surface area (Å²) in [6, 6.07) is 6.56. The first kappa shape index (κ1) is 17.5. The van der Waals surface area contributed by atoms with Crippen LogP contribution in [0, 0.1) is 11.6 Å². The van der Waals surface area contributed by atoms with Gasteiger partial charge in [-0.2, -0.15) is 0 Å². The van der Waals surface area contributed by atoms with Crippen molar-refractivity contribution in [2.45, 2.75) is 13.5 Å². The first-order valence-corrected chi connectivity index (χ1v) is 7.35. The van der Waals surface area contributed by atoms with Gasteiger partial charge in [0.25, 0.3) is 5.91 Å². The molecule has 1 aromatic carbocycles. The molecule has 1 heterocycles. The normalized spacial score (nSPS) is 10.3. The van der Waals surface area contributed by atoms with Gasteiger partial charge in [0.15, 0.2) is 11.6 Å². The van der Waals surface area contributed by atoms with Crippen LogP contribution < -0.4 is 5.32 Å². The van der Waals surface area contributed by atoms with Crippen LogP contribution in [0.5, 0.6) is 0 Å². The summed E-state index contributed by atoms with van der Waals surface area (Å²) in [6.45, 7) is 2.30. The van der Waals surface area contributed by atoms with Crippen molar-refractivity contribution in [3.8, 4) is 0 Å². The Balaban J connectivity index is 1.89. The van der Waals surface area contributed by atoms with Crippen LogP contribution in [0.25, 0.3) is 0 Å². The third-order valence-corrected chi connectivity index (χ3v) is 3.39. The van der Waals surface area contributed by atoms with Gasteiger partial charge in [0.1, 0.15) is 0 Å². The number of benzene rings is 1. The molecular formula is C17H17F2N3O2. The fraction of sp³-hybridized carbons (Fsp3) is 0.235. The van der Waals surface area contributed by atoms with Crippen molar-refractivity contribution < 1.29 is 18.4 Å². The zero-order valence-corrected chi connectivity index (χ0v) is 13.1. The Bertz CT molecular complexity index is 723. The molecule has 2 amide bonds. The standard InChI is InChI=1S/C17H17F2N3O2/c1-12(23)22(11-13-3-2-6-20-10-13)8-7-21-17(24)14-4-5-15(18)16(19)9-14/h2-6,9-10H,7-8,11H2,1H3,(H,21,24). The predicted octanol–water partition coefficient (Wildman–Crippen LogP) is 2.14. The van der Waals surface area contributed by atoms with Crippen LogP contribution in [0.4, 0.5) is 8.78 Å². The summed E-state index contributed by atoms with van der Waals surface area (Å²) in [5.74, 6) is -2.75. The highest BCUT2D eigenvalue weighted by Crippen LogP contribution is 2.08. The number of pyridine rings is 1. The number of nitrogens with one attached hydrogen (secondary N) is 1. The summed E-state index contributed by atoms with van der Waals surface area (Å²) in [6.07, 6.45) is 3.31. The molecular weight excluding hydrogens is 316 g/mol. The lowest BCUT2D eigenvalue weighted by atomic mass is 10.2. The first-order chi connectivity index (χ1) is 11.5. The molecule has 0 bridgehead atoms. The summed E-state index contributed by atoms with van der Waals surface area (Å²) >= 11 is 0. The van der Waals surface area contributed by atoms with Crippen molar-refractivity contribution in [2.75, 3.05) is 13.1 Å². The zero-order chi connectivity index (χ0) is 17.5. The number of rotatable bonds is 6. The lowest BCUT2D eigenvalue weighted by molar-refractivity contribution is -0.129. The fourth-order valence-electron chi connectivity index (χ4n) is 2.10. The summed E-state index contributed by atoms with van der Waals surface area (Å²) in [7, 11) is 0. The minimum absolute atomic E-state index is 0.0236. The molecule has 0 saturated carbocycles. The van der Waals surface area contributed by atoms with Crippen LogP contribution in [0.1, 0.15) is 22.8 Å². The van der Waals surface area contributed by atoms with E-state index < -0.39 is 17.5 Å². The molecule has 1 N–H and O–H groups in total. The van der Waals surface area contributed by atoms with Crippen LogP contribution >= 0.6 is 0 Å². The van der Waals surface area contributed by atoms with Crippen LogP contribution in [-0.4, -0.2) is 34.8 Å². The monoisotopic (exact) mass is 333 g/mol. The van der Waals surface area contributed by atoms with E-state index in [-0.39, 0.29) is 18.0 Å². The van der Waals surface area contributed by atoms with Crippen molar-refractivity contribution in [2.24, 2.45) is 0 Å². The van der Waals surface area contributed by atoms with E-state index in [1.165, 1.54) is 13.0 Å². The quantitative estimate of drug-likeness (QED) is 0.881. The maximum Gasteiger partial charge on any atom is 0.251 e. The molecule has 5 nitrogen and oxygen atoms in total. The van der Waals surface area contributed by atoms with E-state index >= 15 is 0 Å². The maximum absolute atomic E-state index is 13.1. The van der Waals surface area contributed by atoms with Crippen LogP contribution in [0.15, 0.2) is 42.7 Å². The number of hydrogen-bond donors (Lipinski definition) is 1. The lowest BCUT2D eigenvalue weighted by Gasteiger charge is -2.21. The van der Waals surface area contributed by atoms with Crippen molar-refractivity contribution >= 4 is 11.8 Å². The third kappa shape index (κ3) is 4.84. The van der Waals surface area contributed by atoms with Crippen molar-refractivity contribution in [1.82, 2.24) is 15.2 Å². The van der Waals surface area contributed by atoms with E-state index in [1.54, 1.807) is 23.4 Å². The number of amides is 2. The minimum atomic E-state index is -1.08. The summed E-state index contributed by atoms with van der Waals surface area (Å²) in [5, 5.41) is 2.58. The second-order valence-electron chi connectivity index (χ2n) is 5.19. The Morgan fingerprint density at radius 1 is 1.21 bits per heavy atom. The van der Waals surface area contributed by atoms with Gasteiger partial charge < -0.3 is 10.2 Å². The highest BCUT2D eigenvalue weighted by molar-refractivity contribution is 5.94. The highest BCUT2D eigenvalue weighted by atomic mass is 19.2. The van der Waals surface area contributed by atoms with Crippen molar-refractivity contribution in [1.29, 1.82) is 0 Å². The van der Waals surface area contributed by atoms with Gasteiger partial charge in [-0.1, -0.05) is 6.07 Å². The molecule has 0 aliphatic carbocycles. The van der Waals surface area contributed by atoms with Gasteiger partial charge in [-0.3, -0.25) is 14.6 Å². The molecule has 0 atom stereocenters. The molecule has 0 aliphatic heterocycles. The largest absolute Gasteiger partial charge is 0.350 e. The molecule has 2 rings (SSSR count). The SMILES string of the molecule is CC(=O)N(CCNC(=O)c1ccc(F)c(F)c1)Cc1cccnc1. The summed E-state index contributed by atoms with van der Waals surface area (Å²) in [5.41, 5.74) is 0.898. The van der Waals surface area contributed by atoms with Crippen molar-refractivity contribution in [3.05, 3.63) is 65.5 Å². The average molecular weight is 333 g/mol. The molecule has 126 valence electrons. The molecule has 2 aromatic rings. The second-order valence-corrected chi connectivity index (χ2v) is 5.19. The molecule has 0 aliphatic rings. The van der Waals surface area contributed by atoms with E-state index in [2.05, 4.69) is 10.3 Å². The zero-order valence-electron chi connectivity index (χ0n) is 13.1. The molecule has 0 fully saturated rings. The van der Waals surface area contributed by atoms with Gasteiger partial charge in [0, 0.05) is 44.5 Å². The highest BCUT2D eigenvalue weighted by Gasteiger charge is 2.12. The van der Waals surface area contributed by atoms with E-state index in [0.29, 0.717) is 13.1 Å². The number of halogens is 2. The van der Waals surface area contributed by atoms with Gasteiger partial charge >= 0.3 is 0 Å². The second kappa shape index (κ2) is 8.14. The molecule has 7 heteroatoms. The van der Waals surface area contributed by atoms with Crippen LogP contribution in [0.3, 0.4) is 0 Å². The van der Waals surface area contributed by atoms with Gasteiger partial charge in [-0.05, 0) is 29.8 Å². The number of carbonyl (C=O) groups is 2. The first-order valence-electron chi connectivity index (χ1n) is 7.35. The smallest absolute Gasteiger partial charge is 0.251 e. The van der Waals surface area contributed by atoms with Crippen LogP contribution in [-0.2, 0) is 11.3 Å². The fourth-order valence-corrected chi connectivity index (χ4v) is 2.10. The molecule has 0 spiro atoms. The van der Waals surface area contributed by atoms with E-state index in [1.807, 2.05) is 6.07 Å². The van der Waals surface area contributed by atoms with E-state index in [4.69, 9.17) is 0 Å². The van der Waals surface area contributed by atoms with Gasteiger partial charge in [-0.15, -0.1) is 0 Å². The average Bonchev–Trinajstić information content (AvgIpc) is 2.57. The maximum atomic E-state index is 13.1. The Kier molecular flexibility index (Phi) is 5.95. The van der Waals surface area contributed by atoms with Crippen molar-refractivity contribution in [3.63, 3.8) is 0 Å². The Morgan fingerprint density at radius 2 is 2.00 bits per heavy atom. The summed E-state index contributed by atoms with van der Waals surface area (Å²) < 4.78 is 26.0.